The number of benzene rings is 2. The van der Waals surface area contributed by atoms with Gasteiger partial charge in [0, 0.05) is 34.8 Å². The fourth-order valence-corrected chi connectivity index (χ4v) is 3.11. The zero-order valence-corrected chi connectivity index (χ0v) is 14.4. The molecule has 2 aliphatic heterocycles. The van der Waals surface area contributed by atoms with Gasteiger partial charge in [-0.3, -0.25) is 9.59 Å². The first-order valence-corrected chi connectivity index (χ1v) is 8.46. The van der Waals surface area contributed by atoms with Crippen LogP contribution in [0.25, 0.3) is 0 Å². The molecule has 2 aliphatic rings. The second-order valence-electron chi connectivity index (χ2n) is 6.33. The van der Waals surface area contributed by atoms with Crippen LogP contribution < -0.4 is 10.6 Å². The molecule has 6 nitrogen and oxygen atoms in total. The van der Waals surface area contributed by atoms with E-state index in [-0.39, 0.29) is 34.7 Å². The van der Waals surface area contributed by atoms with Crippen LogP contribution in [-0.2, 0) is 0 Å². The Balaban J connectivity index is 1.57. The number of ketones is 1. The highest BCUT2D eigenvalue weighted by atomic mass is 19.1. The number of anilines is 1. The fraction of sp³-hybridized carbons (Fsp3) is 0.100. The molecular weight excluding hydrogens is 366 g/mol. The van der Waals surface area contributed by atoms with Crippen molar-refractivity contribution in [3.8, 4) is 0 Å². The van der Waals surface area contributed by atoms with Gasteiger partial charge in [-0.05, 0) is 36.4 Å². The monoisotopic (exact) mass is 380 g/mol. The van der Waals surface area contributed by atoms with E-state index in [0.717, 1.165) is 18.2 Å². The molecule has 28 heavy (non-hydrogen) atoms. The van der Waals surface area contributed by atoms with Crippen molar-refractivity contribution in [2.24, 2.45) is 16.1 Å². The predicted molar refractivity (Wildman–Crippen MR) is 97.6 cm³/mol. The molecule has 1 amide bonds. The van der Waals surface area contributed by atoms with Crippen LogP contribution >= 0.6 is 0 Å². The molecule has 8 heteroatoms. The molecule has 0 bridgehead atoms. The van der Waals surface area contributed by atoms with Gasteiger partial charge >= 0.3 is 0 Å². The first-order chi connectivity index (χ1) is 13.5. The number of rotatable bonds is 4. The van der Waals surface area contributed by atoms with E-state index in [9.17, 15) is 18.4 Å². The maximum atomic E-state index is 14.1. The Kier molecular flexibility index (Phi) is 4.52. The van der Waals surface area contributed by atoms with Crippen molar-refractivity contribution < 1.29 is 18.4 Å². The molecule has 0 saturated heterocycles. The SMILES string of the molecule is O=C(Nc1cc(F)cc(C(=O)C2=CNC3N=NC=CC23)c1)c1cccc(F)c1. The normalized spacial score (nSPS) is 19.6. The van der Waals surface area contributed by atoms with E-state index >= 15 is 0 Å². The zero-order chi connectivity index (χ0) is 19.7. The number of hydrogen-bond acceptors (Lipinski definition) is 5. The number of carbonyl (C=O) groups excluding carboxylic acids is 2. The molecule has 0 spiro atoms. The molecule has 2 N–H and O–H groups in total. The van der Waals surface area contributed by atoms with Crippen LogP contribution in [0, 0.1) is 17.6 Å². The minimum atomic E-state index is -0.678. The summed E-state index contributed by atoms with van der Waals surface area (Å²) < 4.78 is 27.4. The average molecular weight is 380 g/mol. The lowest BCUT2D eigenvalue weighted by molar-refractivity contribution is 0.101. The topological polar surface area (TPSA) is 82.9 Å². The van der Waals surface area contributed by atoms with Gasteiger partial charge < -0.3 is 10.6 Å². The van der Waals surface area contributed by atoms with Gasteiger partial charge in [-0.2, -0.15) is 10.2 Å². The lowest BCUT2D eigenvalue weighted by Gasteiger charge is -2.16. The molecule has 4 rings (SSSR count). The molecular formula is C20H14F2N4O2. The van der Waals surface area contributed by atoms with Crippen LogP contribution in [0.3, 0.4) is 0 Å². The maximum absolute atomic E-state index is 14.1. The summed E-state index contributed by atoms with van der Waals surface area (Å²) in [5.41, 5.74) is 0.687. The summed E-state index contributed by atoms with van der Waals surface area (Å²) >= 11 is 0. The van der Waals surface area contributed by atoms with Crippen LogP contribution in [0.2, 0.25) is 0 Å². The predicted octanol–water partition coefficient (Wildman–Crippen LogP) is 3.81. The van der Waals surface area contributed by atoms with Gasteiger partial charge in [-0.25, -0.2) is 8.78 Å². The summed E-state index contributed by atoms with van der Waals surface area (Å²) in [6.07, 6.45) is 4.44. The highest BCUT2D eigenvalue weighted by molar-refractivity contribution is 6.11. The average Bonchev–Trinajstić information content (AvgIpc) is 3.11. The van der Waals surface area contributed by atoms with Crippen molar-refractivity contribution in [3.05, 3.63) is 89.3 Å². The minimum absolute atomic E-state index is 0.0826. The summed E-state index contributed by atoms with van der Waals surface area (Å²) in [6, 6.07) is 8.68. The van der Waals surface area contributed by atoms with Crippen molar-refractivity contribution >= 4 is 17.4 Å². The number of Topliss-reactive ketones (excluding diaryl/α,β-unsaturated/α-hetero) is 1. The summed E-state index contributed by atoms with van der Waals surface area (Å²) in [7, 11) is 0. The second-order valence-corrected chi connectivity index (χ2v) is 6.33. The lowest BCUT2D eigenvalue weighted by atomic mass is 9.92. The standard InChI is InChI=1S/C20H14F2N4O2/c21-13-3-1-2-11(6-13)20(28)25-15-8-12(7-14(22)9-15)18(27)17-10-23-19-16(17)4-5-24-26-19/h1-10,16,19,23H,(H,25,28). The largest absolute Gasteiger partial charge is 0.367 e. The number of amides is 1. The maximum Gasteiger partial charge on any atom is 0.255 e. The van der Waals surface area contributed by atoms with E-state index in [0.29, 0.717) is 5.57 Å². The number of nitrogens with zero attached hydrogens (tertiary/aromatic N) is 2. The summed E-state index contributed by atoms with van der Waals surface area (Å²) in [6.45, 7) is 0. The van der Waals surface area contributed by atoms with E-state index < -0.39 is 17.5 Å². The molecule has 2 aromatic carbocycles. The quantitative estimate of drug-likeness (QED) is 0.792. The van der Waals surface area contributed by atoms with E-state index in [4.69, 9.17) is 0 Å². The van der Waals surface area contributed by atoms with Gasteiger partial charge in [0.15, 0.2) is 5.78 Å². The van der Waals surface area contributed by atoms with Crippen molar-refractivity contribution in [2.75, 3.05) is 5.32 Å². The molecule has 0 fully saturated rings. The Hall–Kier alpha value is -3.68. The molecule has 140 valence electrons. The molecule has 0 aliphatic carbocycles. The van der Waals surface area contributed by atoms with E-state index in [2.05, 4.69) is 20.9 Å². The highest BCUT2D eigenvalue weighted by Gasteiger charge is 2.33. The second kappa shape index (κ2) is 7.15. The van der Waals surface area contributed by atoms with E-state index in [1.54, 1.807) is 12.3 Å². The Morgan fingerprint density at radius 1 is 1.04 bits per heavy atom. The van der Waals surface area contributed by atoms with Crippen LogP contribution in [0.4, 0.5) is 14.5 Å². The third-order valence-electron chi connectivity index (χ3n) is 4.43. The molecule has 2 aromatic rings. The van der Waals surface area contributed by atoms with Crippen LogP contribution in [0.1, 0.15) is 20.7 Å². The van der Waals surface area contributed by atoms with Crippen LogP contribution in [0.5, 0.6) is 0 Å². The molecule has 2 atom stereocenters. The molecule has 2 unspecified atom stereocenters. The van der Waals surface area contributed by atoms with Crippen LogP contribution in [-0.4, -0.2) is 17.9 Å². The van der Waals surface area contributed by atoms with Crippen LogP contribution in [0.15, 0.2) is 76.7 Å². The zero-order valence-electron chi connectivity index (χ0n) is 14.4. The van der Waals surface area contributed by atoms with Crippen molar-refractivity contribution in [2.45, 2.75) is 6.17 Å². The first kappa shape index (κ1) is 17.7. The third kappa shape index (κ3) is 3.44. The van der Waals surface area contributed by atoms with Crippen molar-refractivity contribution in [3.63, 3.8) is 0 Å². The highest BCUT2D eigenvalue weighted by Crippen LogP contribution is 2.30. The number of hydrogen-bond donors (Lipinski definition) is 2. The summed E-state index contributed by atoms with van der Waals surface area (Å²) in [5.74, 6) is -2.53. The Morgan fingerprint density at radius 2 is 1.86 bits per heavy atom. The van der Waals surface area contributed by atoms with Gasteiger partial charge in [0.25, 0.3) is 5.91 Å². The van der Waals surface area contributed by atoms with Gasteiger partial charge in [-0.15, -0.1) is 0 Å². The molecule has 0 radical (unpaired) electrons. The van der Waals surface area contributed by atoms with Gasteiger partial charge in [0.2, 0.25) is 0 Å². The number of carbonyl (C=O) groups is 2. The lowest BCUT2D eigenvalue weighted by Crippen LogP contribution is -2.26. The number of halogens is 2. The number of fused-ring (bicyclic) bond motifs is 1. The molecule has 0 aromatic heterocycles. The van der Waals surface area contributed by atoms with Gasteiger partial charge in [0.1, 0.15) is 17.8 Å². The number of azo groups is 1. The van der Waals surface area contributed by atoms with E-state index in [1.807, 2.05) is 0 Å². The smallest absolute Gasteiger partial charge is 0.255 e. The van der Waals surface area contributed by atoms with Crippen molar-refractivity contribution in [1.29, 1.82) is 0 Å². The summed E-state index contributed by atoms with van der Waals surface area (Å²) in [4.78, 5) is 25.1. The molecule has 2 heterocycles. The van der Waals surface area contributed by atoms with Gasteiger partial charge in [0.05, 0.1) is 5.92 Å². The van der Waals surface area contributed by atoms with Gasteiger partial charge in [-0.1, -0.05) is 12.1 Å². The minimum Gasteiger partial charge on any atom is -0.367 e. The Morgan fingerprint density at radius 3 is 2.68 bits per heavy atom. The Labute approximate surface area is 158 Å². The number of nitrogens with one attached hydrogen (secondary N) is 2. The Bertz CT molecular complexity index is 1060. The van der Waals surface area contributed by atoms with E-state index in [1.165, 1.54) is 30.5 Å². The van der Waals surface area contributed by atoms with Crippen molar-refractivity contribution in [1.82, 2.24) is 5.32 Å². The first-order valence-electron chi connectivity index (χ1n) is 8.46. The third-order valence-corrected chi connectivity index (χ3v) is 4.43. The fourth-order valence-electron chi connectivity index (χ4n) is 3.11. The summed E-state index contributed by atoms with van der Waals surface area (Å²) in [5, 5.41) is 13.2. The molecule has 0 saturated carbocycles.